The van der Waals surface area contributed by atoms with Crippen LogP contribution in [0.15, 0.2) is 47.4 Å². The molecule has 0 bridgehead atoms. The summed E-state index contributed by atoms with van der Waals surface area (Å²) in [6, 6.07) is 13.2. The fourth-order valence-electron chi connectivity index (χ4n) is 3.29. The summed E-state index contributed by atoms with van der Waals surface area (Å²) in [6.45, 7) is 7.48. The summed E-state index contributed by atoms with van der Waals surface area (Å²) in [5, 5.41) is 8.92. The normalized spacial score (nSPS) is 11.2. The Hall–Kier alpha value is -3.09. The first-order chi connectivity index (χ1) is 16.3. The van der Waals surface area contributed by atoms with Crippen molar-refractivity contribution in [2.45, 2.75) is 45.1 Å². The molecule has 0 N–H and O–H groups in total. The number of ether oxygens (including phenoxy) is 2. The van der Waals surface area contributed by atoms with Crippen LogP contribution in [0.3, 0.4) is 0 Å². The molecular weight excluding hydrogens is 454 g/mol. The second-order valence-corrected chi connectivity index (χ2v) is 9.82. The van der Waals surface area contributed by atoms with Gasteiger partial charge in [-0.3, -0.25) is 4.79 Å². The number of sulfonamides is 1. The maximum absolute atomic E-state index is 13.1. The number of amides is 1. The third-order valence-corrected chi connectivity index (χ3v) is 6.86. The molecule has 9 heteroatoms. The van der Waals surface area contributed by atoms with Crippen molar-refractivity contribution in [1.82, 2.24) is 9.21 Å². The largest absolute Gasteiger partial charge is 0.490 e. The summed E-state index contributed by atoms with van der Waals surface area (Å²) in [7, 11) is -2.49. The van der Waals surface area contributed by atoms with Gasteiger partial charge < -0.3 is 14.4 Å². The Balaban J connectivity index is 2.16. The van der Waals surface area contributed by atoms with Gasteiger partial charge in [-0.25, -0.2) is 8.42 Å². The molecule has 0 spiro atoms. The molecule has 2 aromatic rings. The van der Waals surface area contributed by atoms with E-state index in [1.165, 1.54) is 31.3 Å². The van der Waals surface area contributed by atoms with E-state index < -0.39 is 10.0 Å². The molecule has 2 rings (SSSR count). The number of nitriles is 1. The van der Waals surface area contributed by atoms with E-state index in [-0.39, 0.29) is 17.3 Å². The van der Waals surface area contributed by atoms with Crippen molar-refractivity contribution in [1.29, 1.82) is 5.26 Å². The number of carbonyl (C=O) groups is 1. The highest BCUT2D eigenvalue weighted by Crippen LogP contribution is 2.29. The second kappa shape index (κ2) is 13.0. The lowest BCUT2D eigenvalue weighted by atomic mass is 10.1. The highest BCUT2D eigenvalue weighted by molar-refractivity contribution is 7.89. The molecule has 34 heavy (non-hydrogen) atoms. The lowest BCUT2D eigenvalue weighted by Gasteiger charge is -2.25. The van der Waals surface area contributed by atoms with Crippen LogP contribution in [-0.4, -0.2) is 56.9 Å². The lowest BCUT2D eigenvalue weighted by Crippen LogP contribution is -2.41. The minimum absolute atomic E-state index is 0.0351. The molecule has 0 unspecified atom stereocenters. The Bertz CT molecular complexity index is 1090. The van der Waals surface area contributed by atoms with E-state index in [2.05, 4.69) is 0 Å². The van der Waals surface area contributed by atoms with E-state index in [0.29, 0.717) is 43.4 Å². The van der Waals surface area contributed by atoms with Crippen LogP contribution in [0.5, 0.6) is 11.5 Å². The van der Waals surface area contributed by atoms with E-state index >= 15 is 0 Å². The molecule has 0 fully saturated rings. The van der Waals surface area contributed by atoms with Crippen LogP contribution in [0.2, 0.25) is 0 Å². The molecule has 0 radical (unpaired) electrons. The molecule has 0 saturated carbocycles. The zero-order valence-corrected chi connectivity index (χ0v) is 21.1. The van der Waals surface area contributed by atoms with Gasteiger partial charge in [-0.05, 0) is 61.7 Å². The summed E-state index contributed by atoms with van der Waals surface area (Å²) < 4.78 is 38.3. The average Bonchev–Trinajstić information content (AvgIpc) is 2.83. The third-order valence-electron chi connectivity index (χ3n) is 5.04. The Morgan fingerprint density at radius 2 is 1.71 bits per heavy atom. The summed E-state index contributed by atoms with van der Waals surface area (Å²) in [6.07, 6.45) is 1.61. The van der Waals surface area contributed by atoms with Gasteiger partial charge >= 0.3 is 0 Å². The van der Waals surface area contributed by atoms with Gasteiger partial charge in [0.05, 0.1) is 36.3 Å². The second-order valence-electron chi connectivity index (χ2n) is 7.78. The third kappa shape index (κ3) is 7.20. The fraction of sp³-hybridized carbons (Fsp3) is 0.440. The van der Waals surface area contributed by atoms with Gasteiger partial charge in [-0.15, -0.1) is 0 Å². The maximum atomic E-state index is 13.1. The van der Waals surface area contributed by atoms with E-state index in [0.717, 1.165) is 22.7 Å². The number of rotatable bonds is 13. The van der Waals surface area contributed by atoms with Crippen LogP contribution >= 0.6 is 0 Å². The topological polar surface area (TPSA) is 99.9 Å². The van der Waals surface area contributed by atoms with E-state index in [9.17, 15) is 13.2 Å². The Morgan fingerprint density at radius 3 is 2.29 bits per heavy atom. The molecule has 184 valence electrons. The molecule has 1 amide bonds. The van der Waals surface area contributed by atoms with Gasteiger partial charge in [0.2, 0.25) is 15.9 Å². The number of carbonyl (C=O) groups excluding carboxylic acids is 1. The van der Waals surface area contributed by atoms with Crippen LogP contribution in [0, 0.1) is 11.3 Å². The fourth-order valence-corrected chi connectivity index (χ4v) is 4.41. The van der Waals surface area contributed by atoms with Crippen molar-refractivity contribution in [3.05, 3.63) is 53.6 Å². The Kier molecular flexibility index (Phi) is 10.4. The van der Waals surface area contributed by atoms with E-state index in [1.54, 1.807) is 4.90 Å². The maximum Gasteiger partial charge on any atom is 0.243 e. The van der Waals surface area contributed by atoms with E-state index in [4.69, 9.17) is 14.7 Å². The van der Waals surface area contributed by atoms with Crippen LogP contribution < -0.4 is 9.47 Å². The molecule has 0 aromatic heterocycles. The van der Waals surface area contributed by atoms with Gasteiger partial charge in [-0.2, -0.15) is 9.57 Å². The first-order valence-corrected chi connectivity index (χ1v) is 12.8. The van der Waals surface area contributed by atoms with Crippen LogP contribution in [0.25, 0.3) is 0 Å². The van der Waals surface area contributed by atoms with Crippen molar-refractivity contribution in [3.8, 4) is 17.6 Å². The zero-order valence-electron chi connectivity index (χ0n) is 20.3. The predicted molar refractivity (Wildman–Crippen MR) is 130 cm³/mol. The first kappa shape index (κ1) is 27.2. The quantitative estimate of drug-likeness (QED) is 0.426. The van der Waals surface area contributed by atoms with Gasteiger partial charge in [0.1, 0.15) is 0 Å². The number of benzene rings is 2. The molecule has 0 atom stereocenters. The lowest BCUT2D eigenvalue weighted by molar-refractivity contribution is -0.131. The summed E-state index contributed by atoms with van der Waals surface area (Å²) in [5.41, 5.74) is 1.23. The standard InChI is InChI=1S/C25H33N3O5S/c1-5-14-28(18-21-10-13-23(33-15-6-2)24(16-21)32-7-3)25(29)19-27(4)34(30,31)22-11-8-20(17-26)9-12-22/h8-13,16H,5-7,14-15,18-19H2,1-4H3. The highest BCUT2D eigenvalue weighted by Gasteiger charge is 2.25. The Labute approximate surface area is 202 Å². The Morgan fingerprint density at radius 1 is 1.00 bits per heavy atom. The summed E-state index contributed by atoms with van der Waals surface area (Å²) >= 11 is 0. The average molecular weight is 488 g/mol. The molecule has 0 aliphatic rings. The van der Waals surface area contributed by atoms with E-state index in [1.807, 2.05) is 45.0 Å². The molecular formula is C25H33N3O5S. The monoisotopic (exact) mass is 487 g/mol. The molecule has 2 aromatic carbocycles. The van der Waals surface area contributed by atoms with Crippen LogP contribution in [0.4, 0.5) is 0 Å². The van der Waals surface area contributed by atoms with Gasteiger partial charge in [0.15, 0.2) is 11.5 Å². The molecule has 8 nitrogen and oxygen atoms in total. The van der Waals surface area contributed by atoms with Gasteiger partial charge in [-0.1, -0.05) is 19.9 Å². The number of hydrogen-bond acceptors (Lipinski definition) is 6. The molecule has 0 aliphatic carbocycles. The van der Waals surface area contributed by atoms with Crippen molar-refractivity contribution in [3.63, 3.8) is 0 Å². The predicted octanol–water partition coefficient (Wildman–Crippen LogP) is 3.81. The van der Waals surface area contributed by atoms with Crippen molar-refractivity contribution >= 4 is 15.9 Å². The first-order valence-electron chi connectivity index (χ1n) is 11.4. The summed E-state index contributed by atoms with van der Waals surface area (Å²) in [5.74, 6) is 0.984. The molecule has 0 aliphatic heterocycles. The molecule has 0 saturated heterocycles. The zero-order chi connectivity index (χ0) is 25.1. The number of hydrogen-bond donors (Lipinski definition) is 0. The number of nitrogens with zero attached hydrogens (tertiary/aromatic N) is 3. The van der Waals surface area contributed by atoms with Crippen molar-refractivity contribution < 1.29 is 22.7 Å². The van der Waals surface area contributed by atoms with Crippen LogP contribution in [0.1, 0.15) is 44.7 Å². The minimum Gasteiger partial charge on any atom is -0.490 e. The van der Waals surface area contributed by atoms with Crippen LogP contribution in [-0.2, 0) is 21.4 Å². The van der Waals surface area contributed by atoms with Crippen molar-refractivity contribution in [2.24, 2.45) is 0 Å². The molecule has 0 heterocycles. The minimum atomic E-state index is -3.87. The highest BCUT2D eigenvalue weighted by atomic mass is 32.2. The SMILES string of the molecule is CCCOc1ccc(CN(CCC)C(=O)CN(C)S(=O)(=O)c2ccc(C#N)cc2)cc1OCC. The van der Waals surface area contributed by atoms with Crippen molar-refractivity contribution in [2.75, 3.05) is 33.4 Å². The smallest absolute Gasteiger partial charge is 0.243 e. The van der Waals surface area contributed by atoms with Gasteiger partial charge in [0, 0.05) is 20.1 Å². The number of likely N-dealkylation sites (N-methyl/N-ethyl adjacent to an activating group) is 1. The van der Waals surface area contributed by atoms with Gasteiger partial charge in [0.25, 0.3) is 0 Å². The summed E-state index contributed by atoms with van der Waals surface area (Å²) in [4.78, 5) is 14.7.